The Balaban J connectivity index is 2.04. The average Bonchev–Trinajstić information content (AvgIpc) is 3.09. The predicted octanol–water partition coefficient (Wildman–Crippen LogP) is 3.12. The van der Waals surface area contributed by atoms with E-state index < -0.39 is 10.0 Å². The molecule has 0 bridgehead atoms. The third-order valence-electron chi connectivity index (χ3n) is 4.19. The van der Waals surface area contributed by atoms with Crippen LogP contribution in [0.2, 0.25) is 0 Å². The molecule has 0 radical (unpaired) electrons. The first-order valence-corrected chi connectivity index (χ1v) is 11.9. The number of hydrogen-bond donors (Lipinski definition) is 2. The molecule has 0 atom stereocenters. The molecule has 0 aliphatic heterocycles. The van der Waals surface area contributed by atoms with Crippen LogP contribution in [0.3, 0.4) is 0 Å². The van der Waals surface area contributed by atoms with Crippen molar-refractivity contribution < 1.29 is 17.9 Å². The highest BCUT2D eigenvalue weighted by atomic mass is 32.2. The van der Waals surface area contributed by atoms with Gasteiger partial charge in [-0.05, 0) is 37.7 Å². The third-order valence-corrected chi connectivity index (χ3v) is 6.02. The highest BCUT2D eigenvalue weighted by Crippen LogP contribution is 2.36. The fourth-order valence-electron chi connectivity index (χ4n) is 2.82. The Morgan fingerprint density at radius 3 is 2.71 bits per heavy atom. The SMILES string of the molecule is CCOc1cnc(Sc2cn(CC)cc2NC(C)=O)nc1-c1cccc(S(N)(=O)=O)c1. The van der Waals surface area contributed by atoms with Gasteiger partial charge in [0.1, 0.15) is 5.69 Å². The van der Waals surface area contributed by atoms with Gasteiger partial charge in [0.25, 0.3) is 0 Å². The fraction of sp³-hybridized carbons (Fsp3) is 0.250. The first kappa shape index (κ1) is 22.8. The summed E-state index contributed by atoms with van der Waals surface area (Å²) in [6.45, 7) is 6.41. The molecular weight excluding hydrogens is 438 g/mol. The predicted molar refractivity (Wildman–Crippen MR) is 119 cm³/mol. The van der Waals surface area contributed by atoms with Crippen LogP contribution in [0.25, 0.3) is 11.3 Å². The lowest BCUT2D eigenvalue weighted by Crippen LogP contribution is -2.12. The molecule has 11 heteroatoms. The average molecular weight is 462 g/mol. The number of primary sulfonamides is 1. The van der Waals surface area contributed by atoms with E-state index >= 15 is 0 Å². The third kappa shape index (κ3) is 5.63. The number of rotatable bonds is 8. The molecule has 1 aromatic carbocycles. The first-order valence-electron chi connectivity index (χ1n) is 9.49. The molecule has 0 saturated carbocycles. The van der Waals surface area contributed by atoms with Crippen LogP contribution in [0.4, 0.5) is 5.69 Å². The highest BCUT2D eigenvalue weighted by molar-refractivity contribution is 7.99. The quantitative estimate of drug-likeness (QED) is 0.493. The lowest BCUT2D eigenvalue weighted by molar-refractivity contribution is -0.114. The summed E-state index contributed by atoms with van der Waals surface area (Å²) in [6.07, 6.45) is 5.29. The minimum absolute atomic E-state index is 0.0202. The minimum atomic E-state index is -3.87. The van der Waals surface area contributed by atoms with E-state index in [4.69, 9.17) is 9.88 Å². The summed E-state index contributed by atoms with van der Waals surface area (Å²) in [5, 5.41) is 8.50. The molecule has 0 saturated heterocycles. The summed E-state index contributed by atoms with van der Waals surface area (Å²) in [5.41, 5.74) is 1.64. The monoisotopic (exact) mass is 461 g/mol. The van der Waals surface area contributed by atoms with E-state index in [-0.39, 0.29) is 10.8 Å². The molecule has 164 valence electrons. The van der Waals surface area contributed by atoms with Crippen molar-refractivity contribution in [1.29, 1.82) is 0 Å². The maximum atomic E-state index is 11.8. The number of nitrogens with one attached hydrogen (secondary N) is 1. The van der Waals surface area contributed by atoms with Gasteiger partial charge in [-0.15, -0.1) is 0 Å². The standard InChI is InChI=1S/C20H23N5O4S2/c1-4-25-11-16(23-13(3)26)18(12-25)30-20-22-10-17(29-5-2)19(24-20)14-7-6-8-15(9-14)31(21,27)28/h6-12H,4-5H2,1-3H3,(H,23,26)(H2,21,27,28). The largest absolute Gasteiger partial charge is 0.490 e. The molecule has 3 N–H and O–H groups in total. The summed E-state index contributed by atoms with van der Waals surface area (Å²) >= 11 is 1.28. The summed E-state index contributed by atoms with van der Waals surface area (Å²) in [7, 11) is -3.87. The van der Waals surface area contributed by atoms with Crippen molar-refractivity contribution in [3.8, 4) is 17.0 Å². The van der Waals surface area contributed by atoms with Crippen LogP contribution in [0, 0.1) is 0 Å². The van der Waals surface area contributed by atoms with E-state index in [1.54, 1.807) is 18.3 Å². The van der Waals surface area contributed by atoms with E-state index in [1.807, 2.05) is 30.8 Å². The van der Waals surface area contributed by atoms with Crippen LogP contribution in [0.15, 0.2) is 57.8 Å². The molecule has 2 aromatic heterocycles. The molecular formula is C20H23N5O4S2. The molecule has 3 aromatic rings. The Hall–Kier alpha value is -2.89. The Morgan fingerprint density at radius 2 is 2.06 bits per heavy atom. The van der Waals surface area contributed by atoms with Gasteiger partial charge in [-0.1, -0.05) is 12.1 Å². The summed E-state index contributed by atoms with van der Waals surface area (Å²) in [6, 6.07) is 6.19. The van der Waals surface area contributed by atoms with E-state index in [1.165, 1.54) is 30.8 Å². The summed E-state index contributed by atoms with van der Waals surface area (Å²) in [5.74, 6) is 0.246. The van der Waals surface area contributed by atoms with Crippen LogP contribution >= 0.6 is 11.8 Å². The number of nitrogens with zero attached hydrogens (tertiary/aromatic N) is 3. The van der Waals surface area contributed by atoms with Crippen molar-refractivity contribution in [2.45, 2.75) is 42.3 Å². The van der Waals surface area contributed by atoms with Crippen molar-refractivity contribution in [2.24, 2.45) is 5.14 Å². The Labute approximate surface area is 185 Å². The molecule has 0 fully saturated rings. The zero-order chi connectivity index (χ0) is 22.6. The topological polar surface area (TPSA) is 129 Å². The van der Waals surface area contributed by atoms with Crippen LogP contribution in [-0.2, 0) is 21.4 Å². The van der Waals surface area contributed by atoms with E-state index in [9.17, 15) is 13.2 Å². The van der Waals surface area contributed by atoms with Crippen molar-refractivity contribution >= 4 is 33.4 Å². The van der Waals surface area contributed by atoms with Gasteiger partial charge in [0.05, 0.1) is 28.3 Å². The van der Waals surface area contributed by atoms with Crippen molar-refractivity contribution in [1.82, 2.24) is 14.5 Å². The van der Waals surface area contributed by atoms with Crippen molar-refractivity contribution in [2.75, 3.05) is 11.9 Å². The normalized spacial score (nSPS) is 11.4. The lowest BCUT2D eigenvalue weighted by atomic mass is 10.1. The lowest BCUT2D eigenvalue weighted by Gasteiger charge is -2.11. The number of carbonyl (C=O) groups excluding carboxylic acids is 1. The Bertz CT molecular complexity index is 1210. The molecule has 3 rings (SSSR count). The molecule has 2 heterocycles. The van der Waals surface area contributed by atoms with E-state index in [0.29, 0.717) is 34.5 Å². The Kier molecular flexibility index (Phi) is 6.98. The maximum Gasteiger partial charge on any atom is 0.238 e. The number of benzene rings is 1. The van der Waals surface area contributed by atoms with Crippen LogP contribution < -0.4 is 15.2 Å². The highest BCUT2D eigenvalue weighted by Gasteiger charge is 2.17. The number of aromatic nitrogens is 3. The second-order valence-electron chi connectivity index (χ2n) is 6.52. The van der Waals surface area contributed by atoms with Gasteiger partial charge in [0.15, 0.2) is 10.9 Å². The second kappa shape index (κ2) is 9.50. The summed E-state index contributed by atoms with van der Waals surface area (Å²) in [4.78, 5) is 21.3. The van der Waals surface area contributed by atoms with Crippen LogP contribution in [0.5, 0.6) is 5.75 Å². The van der Waals surface area contributed by atoms with Crippen molar-refractivity contribution in [3.63, 3.8) is 0 Å². The van der Waals surface area contributed by atoms with Gasteiger partial charge in [-0.2, -0.15) is 0 Å². The molecule has 0 spiro atoms. The minimum Gasteiger partial charge on any atom is -0.490 e. The van der Waals surface area contributed by atoms with E-state index in [0.717, 1.165) is 11.4 Å². The Morgan fingerprint density at radius 1 is 1.29 bits per heavy atom. The van der Waals surface area contributed by atoms with Crippen molar-refractivity contribution in [3.05, 3.63) is 42.9 Å². The zero-order valence-electron chi connectivity index (χ0n) is 17.3. The zero-order valence-corrected chi connectivity index (χ0v) is 19.0. The maximum absolute atomic E-state index is 11.8. The molecule has 0 aliphatic carbocycles. The first-order chi connectivity index (χ1) is 14.7. The van der Waals surface area contributed by atoms with Gasteiger partial charge >= 0.3 is 0 Å². The molecule has 31 heavy (non-hydrogen) atoms. The number of sulfonamides is 1. The number of anilines is 1. The van der Waals surface area contributed by atoms with Crippen LogP contribution in [-0.4, -0.2) is 35.5 Å². The van der Waals surface area contributed by atoms with E-state index in [2.05, 4.69) is 15.3 Å². The second-order valence-corrected chi connectivity index (χ2v) is 9.09. The van der Waals surface area contributed by atoms with Crippen LogP contribution in [0.1, 0.15) is 20.8 Å². The number of carbonyl (C=O) groups is 1. The van der Waals surface area contributed by atoms with Gasteiger partial charge < -0.3 is 14.6 Å². The molecule has 9 nitrogen and oxygen atoms in total. The number of aryl methyl sites for hydroxylation is 1. The number of hydrogen-bond acceptors (Lipinski definition) is 7. The van der Waals surface area contributed by atoms with Gasteiger partial charge in [0, 0.05) is 31.4 Å². The van der Waals surface area contributed by atoms with Gasteiger partial charge in [-0.3, -0.25) is 4.79 Å². The number of ether oxygens (including phenoxy) is 1. The number of amides is 1. The smallest absolute Gasteiger partial charge is 0.238 e. The summed E-state index contributed by atoms with van der Waals surface area (Å²) < 4.78 is 31.1. The van der Waals surface area contributed by atoms with Gasteiger partial charge in [0.2, 0.25) is 15.9 Å². The molecule has 0 unspecified atom stereocenters. The van der Waals surface area contributed by atoms with Gasteiger partial charge in [-0.25, -0.2) is 23.5 Å². The number of nitrogens with two attached hydrogens (primary N) is 1. The molecule has 0 aliphatic rings. The fourth-order valence-corrected chi connectivity index (χ4v) is 4.23. The molecule has 1 amide bonds.